The molecule has 0 spiro atoms. The SMILES string of the molecule is Cc1nc(Sc2cnc(CN)cn2)nc(C)c1C. The number of rotatable bonds is 3. The molecular weight excluding hydrogens is 246 g/mol. The average Bonchev–Trinajstić information content (AvgIpc) is 2.37. The second kappa shape index (κ2) is 5.41. The first-order valence-corrected chi connectivity index (χ1v) is 6.42. The monoisotopic (exact) mass is 261 g/mol. The summed E-state index contributed by atoms with van der Waals surface area (Å²) in [6, 6.07) is 0. The third kappa shape index (κ3) is 2.83. The van der Waals surface area contributed by atoms with Gasteiger partial charge in [0.05, 0.1) is 18.1 Å². The number of hydrogen-bond acceptors (Lipinski definition) is 6. The largest absolute Gasteiger partial charge is 0.325 e. The third-order valence-electron chi connectivity index (χ3n) is 2.70. The first kappa shape index (κ1) is 12.9. The number of aryl methyl sites for hydroxylation is 2. The zero-order chi connectivity index (χ0) is 13.1. The third-order valence-corrected chi connectivity index (χ3v) is 3.48. The summed E-state index contributed by atoms with van der Waals surface area (Å²) >= 11 is 1.41. The number of nitrogens with two attached hydrogens (primary N) is 1. The van der Waals surface area contributed by atoms with Gasteiger partial charge in [0.1, 0.15) is 5.03 Å². The Morgan fingerprint density at radius 3 is 2.22 bits per heavy atom. The van der Waals surface area contributed by atoms with E-state index in [1.54, 1.807) is 12.4 Å². The van der Waals surface area contributed by atoms with E-state index >= 15 is 0 Å². The molecule has 0 aliphatic rings. The normalized spacial score (nSPS) is 10.7. The van der Waals surface area contributed by atoms with Crippen molar-refractivity contribution >= 4 is 11.8 Å². The Balaban J connectivity index is 2.23. The molecule has 0 saturated heterocycles. The van der Waals surface area contributed by atoms with Crippen LogP contribution in [0.3, 0.4) is 0 Å². The van der Waals surface area contributed by atoms with E-state index in [0.29, 0.717) is 11.7 Å². The lowest BCUT2D eigenvalue weighted by atomic mass is 10.2. The topological polar surface area (TPSA) is 77.6 Å². The lowest BCUT2D eigenvalue weighted by molar-refractivity contribution is 0.872. The maximum absolute atomic E-state index is 5.47. The molecule has 0 bridgehead atoms. The van der Waals surface area contributed by atoms with Crippen LogP contribution in [-0.2, 0) is 6.54 Å². The van der Waals surface area contributed by atoms with Gasteiger partial charge in [-0.1, -0.05) is 0 Å². The van der Waals surface area contributed by atoms with Crippen molar-refractivity contribution in [2.24, 2.45) is 5.73 Å². The van der Waals surface area contributed by atoms with Crippen molar-refractivity contribution in [1.82, 2.24) is 19.9 Å². The first-order chi connectivity index (χ1) is 8.60. The summed E-state index contributed by atoms with van der Waals surface area (Å²) in [5.74, 6) is 0. The summed E-state index contributed by atoms with van der Waals surface area (Å²) in [6.45, 7) is 6.39. The molecule has 0 aromatic carbocycles. The van der Waals surface area contributed by atoms with Gasteiger partial charge < -0.3 is 5.73 Å². The molecule has 0 fully saturated rings. The number of nitrogens with zero attached hydrogens (tertiary/aromatic N) is 4. The van der Waals surface area contributed by atoms with Crippen LogP contribution in [0.15, 0.2) is 22.6 Å². The second-order valence-corrected chi connectivity index (χ2v) is 4.94. The number of hydrogen-bond donors (Lipinski definition) is 1. The molecule has 5 nitrogen and oxygen atoms in total. The highest BCUT2D eigenvalue weighted by atomic mass is 32.2. The summed E-state index contributed by atoms with van der Waals surface area (Å²) < 4.78 is 0. The maximum atomic E-state index is 5.47. The predicted octanol–water partition coefficient (Wildman–Crippen LogP) is 1.80. The zero-order valence-electron chi connectivity index (χ0n) is 10.6. The Labute approximate surface area is 110 Å². The molecular formula is C12H15N5S. The standard InChI is InChI=1S/C12H15N5S/c1-7-8(2)16-12(17-9(7)3)18-11-6-14-10(4-13)5-15-11/h5-6H,4,13H2,1-3H3. The van der Waals surface area contributed by atoms with Crippen LogP contribution < -0.4 is 5.73 Å². The van der Waals surface area contributed by atoms with Crippen molar-refractivity contribution in [3.63, 3.8) is 0 Å². The predicted molar refractivity (Wildman–Crippen MR) is 70.3 cm³/mol. The van der Waals surface area contributed by atoms with Crippen LogP contribution in [0.2, 0.25) is 0 Å². The van der Waals surface area contributed by atoms with Crippen LogP contribution in [0, 0.1) is 20.8 Å². The second-order valence-electron chi connectivity index (χ2n) is 3.95. The van der Waals surface area contributed by atoms with Gasteiger partial charge in [-0.05, 0) is 38.1 Å². The Hall–Kier alpha value is -1.53. The van der Waals surface area contributed by atoms with Crippen LogP contribution in [0.1, 0.15) is 22.6 Å². The van der Waals surface area contributed by atoms with Gasteiger partial charge in [-0.25, -0.2) is 15.0 Å². The van der Waals surface area contributed by atoms with E-state index in [9.17, 15) is 0 Å². The molecule has 0 aliphatic carbocycles. The van der Waals surface area contributed by atoms with Gasteiger partial charge in [0.15, 0.2) is 5.16 Å². The van der Waals surface area contributed by atoms with E-state index in [-0.39, 0.29) is 0 Å². The maximum Gasteiger partial charge on any atom is 0.194 e. The minimum absolute atomic E-state index is 0.400. The molecule has 6 heteroatoms. The van der Waals surface area contributed by atoms with Crippen molar-refractivity contribution in [3.8, 4) is 0 Å². The molecule has 0 amide bonds. The van der Waals surface area contributed by atoms with E-state index in [1.165, 1.54) is 11.8 Å². The Morgan fingerprint density at radius 2 is 1.72 bits per heavy atom. The molecule has 18 heavy (non-hydrogen) atoms. The van der Waals surface area contributed by atoms with E-state index in [2.05, 4.69) is 19.9 Å². The summed E-state index contributed by atoms with van der Waals surface area (Å²) in [7, 11) is 0. The van der Waals surface area contributed by atoms with E-state index in [4.69, 9.17) is 5.73 Å². The van der Waals surface area contributed by atoms with Gasteiger partial charge in [0, 0.05) is 17.9 Å². The highest BCUT2D eigenvalue weighted by molar-refractivity contribution is 7.99. The van der Waals surface area contributed by atoms with Crippen molar-refractivity contribution < 1.29 is 0 Å². The van der Waals surface area contributed by atoms with Gasteiger partial charge in [-0.3, -0.25) is 4.98 Å². The van der Waals surface area contributed by atoms with E-state index in [0.717, 1.165) is 27.7 Å². The van der Waals surface area contributed by atoms with E-state index < -0.39 is 0 Å². The Bertz CT molecular complexity index is 530. The van der Waals surface area contributed by atoms with Gasteiger partial charge in [-0.2, -0.15) is 0 Å². The molecule has 94 valence electrons. The fourth-order valence-corrected chi connectivity index (χ4v) is 2.14. The lowest BCUT2D eigenvalue weighted by Crippen LogP contribution is -2.01. The minimum Gasteiger partial charge on any atom is -0.325 e. The highest BCUT2D eigenvalue weighted by Gasteiger charge is 2.07. The van der Waals surface area contributed by atoms with Crippen LogP contribution in [0.5, 0.6) is 0 Å². The quantitative estimate of drug-likeness (QED) is 0.849. The van der Waals surface area contributed by atoms with Gasteiger partial charge in [0.25, 0.3) is 0 Å². The van der Waals surface area contributed by atoms with Crippen LogP contribution in [0.25, 0.3) is 0 Å². The number of aromatic nitrogens is 4. The molecule has 2 heterocycles. The van der Waals surface area contributed by atoms with Crippen molar-refractivity contribution in [3.05, 3.63) is 35.0 Å². The Kier molecular flexibility index (Phi) is 3.88. The zero-order valence-corrected chi connectivity index (χ0v) is 11.5. The lowest BCUT2D eigenvalue weighted by Gasteiger charge is -2.06. The van der Waals surface area contributed by atoms with Crippen molar-refractivity contribution in [2.75, 3.05) is 0 Å². The van der Waals surface area contributed by atoms with E-state index in [1.807, 2.05) is 20.8 Å². The van der Waals surface area contributed by atoms with Gasteiger partial charge in [-0.15, -0.1) is 0 Å². The molecule has 0 unspecified atom stereocenters. The highest BCUT2D eigenvalue weighted by Crippen LogP contribution is 2.23. The summed E-state index contributed by atoms with van der Waals surface area (Å²) in [4.78, 5) is 17.3. The van der Waals surface area contributed by atoms with Gasteiger partial charge >= 0.3 is 0 Å². The van der Waals surface area contributed by atoms with Gasteiger partial charge in [0.2, 0.25) is 0 Å². The minimum atomic E-state index is 0.400. The smallest absolute Gasteiger partial charge is 0.194 e. The molecule has 0 radical (unpaired) electrons. The molecule has 2 aromatic heterocycles. The molecule has 2 rings (SSSR count). The first-order valence-electron chi connectivity index (χ1n) is 5.61. The molecule has 2 aromatic rings. The molecule has 0 aliphatic heterocycles. The Morgan fingerprint density at radius 1 is 1.06 bits per heavy atom. The fraction of sp³-hybridized carbons (Fsp3) is 0.333. The molecule has 0 atom stereocenters. The fourth-order valence-electron chi connectivity index (χ4n) is 1.38. The summed E-state index contributed by atoms with van der Waals surface area (Å²) in [6.07, 6.45) is 3.37. The summed E-state index contributed by atoms with van der Waals surface area (Å²) in [5, 5.41) is 1.47. The average molecular weight is 261 g/mol. The van der Waals surface area contributed by atoms with Crippen molar-refractivity contribution in [1.29, 1.82) is 0 Å². The van der Waals surface area contributed by atoms with Crippen LogP contribution >= 0.6 is 11.8 Å². The van der Waals surface area contributed by atoms with Crippen LogP contribution in [0.4, 0.5) is 0 Å². The van der Waals surface area contributed by atoms with Crippen LogP contribution in [-0.4, -0.2) is 19.9 Å². The molecule has 0 saturated carbocycles. The molecule has 2 N–H and O–H groups in total. The van der Waals surface area contributed by atoms with Crippen molar-refractivity contribution in [2.45, 2.75) is 37.5 Å². The summed E-state index contributed by atoms with van der Waals surface area (Å²) in [5.41, 5.74) is 9.37.